The average molecular weight is 292 g/mol. The molecule has 7 nitrogen and oxygen atoms in total. The van der Waals surface area contributed by atoms with Crippen LogP contribution in [0.4, 0.5) is 0 Å². The fourth-order valence-corrected chi connectivity index (χ4v) is 3.15. The first kappa shape index (κ1) is 15.2. The number of hydrogen-bond acceptors (Lipinski definition) is 5. The van der Waals surface area contributed by atoms with Gasteiger partial charge < -0.3 is 10.1 Å². The van der Waals surface area contributed by atoms with E-state index < -0.39 is 5.09 Å². The number of hydrogen-bond donors (Lipinski definition) is 1. The van der Waals surface area contributed by atoms with E-state index in [4.69, 9.17) is 20.3 Å². The Morgan fingerprint density at radius 2 is 1.86 bits per heavy atom. The number of amidine groups is 1. The van der Waals surface area contributed by atoms with E-state index in [0.29, 0.717) is 5.54 Å². The lowest BCUT2D eigenvalue weighted by molar-refractivity contribution is -0.742. The molecular weight excluding hydrogens is 272 g/mol. The summed E-state index contributed by atoms with van der Waals surface area (Å²) in [4.78, 5) is 19.6. The Bertz CT molecular complexity index is 508. The summed E-state index contributed by atoms with van der Waals surface area (Å²) in [5, 5.41) is 13.6. The average Bonchev–Trinajstić information content (AvgIpc) is 2.78. The van der Waals surface area contributed by atoms with Crippen LogP contribution in [0.25, 0.3) is 0 Å². The van der Waals surface area contributed by atoms with Crippen LogP contribution in [0.5, 0.6) is 0 Å². The number of likely N-dealkylation sites (N-methyl/N-ethyl adjacent to an activating group) is 1. The zero-order valence-corrected chi connectivity index (χ0v) is 12.1. The minimum Gasteiger partial charge on any atom is -0.352 e. The van der Waals surface area contributed by atoms with Gasteiger partial charge in [-0.1, -0.05) is 19.3 Å². The molecule has 3 rings (SSSR count). The number of nitrogens with zero attached hydrogens (tertiary/aromatic N) is 4. The maximum absolute atomic E-state index is 8.36. The number of pyridine rings is 1. The Morgan fingerprint density at radius 1 is 1.29 bits per heavy atom. The van der Waals surface area contributed by atoms with Gasteiger partial charge in [0.05, 0.1) is 12.1 Å². The summed E-state index contributed by atoms with van der Waals surface area (Å²) < 4.78 is 0. The molecule has 0 amide bonds. The summed E-state index contributed by atoms with van der Waals surface area (Å²) in [6, 6.07) is 4.11. The third-order valence-electron chi connectivity index (χ3n) is 4.28. The van der Waals surface area contributed by atoms with Gasteiger partial charge in [0.1, 0.15) is 5.84 Å². The van der Waals surface area contributed by atoms with Crippen molar-refractivity contribution in [2.24, 2.45) is 4.99 Å². The molecule has 1 aromatic rings. The molecule has 0 bridgehead atoms. The van der Waals surface area contributed by atoms with Gasteiger partial charge in [-0.15, -0.1) is 10.1 Å². The zero-order valence-electron chi connectivity index (χ0n) is 12.1. The van der Waals surface area contributed by atoms with E-state index in [1.54, 1.807) is 0 Å². The van der Waals surface area contributed by atoms with Crippen LogP contribution in [0.1, 0.15) is 37.7 Å². The van der Waals surface area contributed by atoms with E-state index in [0.717, 1.165) is 12.4 Å². The second-order valence-corrected chi connectivity index (χ2v) is 5.46. The molecule has 1 spiro atoms. The van der Waals surface area contributed by atoms with E-state index in [2.05, 4.69) is 29.1 Å². The van der Waals surface area contributed by atoms with Crippen LogP contribution in [0.2, 0.25) is 0 Å². The van der Waals surface area contributed by atoms with Crippen molar-refractivity contribution in [1.29, 1.82) is 0 Å². The molecule has 1 N–H and O–H groups in total. The topological polar surface area (TPSA) is 91.9 Å². The predicted molar refractivity (Wildman–Crippen MR) is 78.0 cm³/mol. The molecule has 1 aliphatic heterocycles. The molecule has 1 aliphatic carbocycles. The van der Waals surface area contributed by atoms with E-state index >= 15 is 0 Å². The van der Waals surface area contributed by atoms with E-state index in [-0.39, 0.29) is 0 Å². The van der Waals surface area contributed by atoms with Crippen LogP contribution in [0.15, 0.2) is 29.5 Å². The second kappa shape index (κ2) is 6.51. The van der Waals surface area contributed by atoms with Crippen molar-refractivity contribution in [2.75, 3.05) is 13.6 Å². The largest absolute Gasteiger partial charge is 0.352 e. The Balaban J connectivity index is 0.000000361. The lowest BCUT2D eigenvalue weighted by atomic mass is 9.81. The molecule has 1 fully saturated rings. The fraction of sp³-hybridized carbons (Fsp3) is 0.571. The molecule has 21 heavy (non-hydrogen) atoms. The number of aromatic nitrogens is 1. The third kappa shape index (κ3) is 3.48. The van der Waals surface area contributed by atoms with Gasteiger partial charge in [0, 0.05) is 25.0 Å². The molecular formula is C14H20N4O3. The molecule has 0 saturated heterocycles. The summed E-state index contributed by atoms with van der Waals surface area (Å²) in [6.45, 7) is 0.973. The van der Waals surface area contributed by atoms with E-state index in [1.165, 1.54) is 37.7 Å². The molecule has 7 heteroatoms. The smallest absolute Gasteiger partial charge is 0.291 e. The standard InChI is InChI=1S/C14H19N3.HNO3/c1-17-13(12-5-9-15-10-6-12)16-11-14(17)7-3-2-4-8-14;2-1(3)4/h5-6,9-10H,2-4,7-8,11H2,1H3;(H,2,3,4). The summed E-state index contributed by atoms with van der Waals surface area (Å²) in [5.41, 5.74) is 1.52. The van der Waals surface area contributed by atoms with Crippen molar-refractivity contribution in [1.82, 2.24) is 9.88 Å². The zero-order chi connectivity index (χ0) is 15.3. The Labute approximate surface area is 123 Å². The van der Waals surface area contributed by atoms with Crippen LogP contribution in [-0.2, 0) is 0 Å². The van der Waals surface area contributed by atoms with Crippen LogP contribution < -0.4 is 0 Å². The maximum atomic E-state index is 8.36. The fourth-order valence-electron chi connectivity index (χ4n) is 3.15. The predicted octanol–water partition coefficient (Wildman–Crippen LogP) is 2.13. The summed E-state index contributed by atoms with van der Waals surface area (Å²) in [6.07, 6.45) is 10.4. The first-order valence-electron chi connectivity index (χ1n) is 7.07. The third-order valence-corrected chi connectivity index (χ3v) is 4.28. The monoisotopic (exact) mass is 292 g/mol. The van der Waals surface area contributed by atoms with Gasteiger partial charge in [-0.2, -0.15) is 0 Å². The van der Waals surface area contributed by atoms with Gasteiger partial charge in [0.2, 0.25) is 0 Å². The SMILES string of the molecule is CN1C(c2ccncc2)=NCC12CCCCC2.O=[N+]([O-])O. The van der Waals surface area contributed by atoms with Crippen molar-refractivity contribution in [3.8, 4) is 0 Å². The van der Waals surface area contributed by atoms with E-state index in [1.807, 2.05) is 12.4 Å². The number of rotatable bonds is 1. The molecule has 0 aromatic carbocycles. The highest BCUT2D eigenvalue weighted by Gasteiger charge is 2.41. The number of aliphatic imine (C=N–C) groups is 1. The van der Waals surface area contributed by atoms with Crippen LogP contribution in [-0.4, -0.2) is 45.1 Å². The minimum atomic E-state index is -1.50. The molecule has 114 valence electrons. The van der Waals surface area contributed by atoms with Crippen molar-refractivity contribution in [3.63, 3.8) is 0 Å². The summed E-state index contributed by atoms with van der Waals surface area (Å²) >= 11 is 0. The normalized spacial score (nSPS) is 19.7. The van der Waals surface area contributed by atoms with Gasteiger partial charge in [0.15, 0.2) is 0 Å². The van der Waals surface area contributed by atoms with Crippen LogP contribution in [0.3, 0.4) is 0 Å². The van der Waals surface area contributed by atoms with Gasteiger partial charge in [0.25, 0.3) is 5.09 Å². The van der Waals surface area contributed by atoms with Crippen molar-refractivity contribution in [3.05, 3.63) is 40.2 Å². The maximum Gasteiger partial charge on any atom is 0.291 e. The molecule has 0 unspecified atom stereocenters. The van der Waals surface area contributed by atoms with Gasteiger partial charge in [-0.05, 0) is 25.0 Å². The van der Waals surface area contributed by atoms with Crippen molar-refractivity contribution >= 4 is 5.84 Å². The Morgan fingerprint density at radius 3 is 2.43 bits per heavy atom. The quantitative estimate of drug-likeness (QED) is 0.632. The van der Waals surface area contributed by atoms with Crippen molar-refractivity contribution in [2.45, 2.75) is 37.6 Å². The minimum absolute atomic E-state index is 0.316. The first-order chi connectivity index (χ1) is 10.1. The lowest BCUT2D eigenvalue weighted by Crippen LogP contribution is -2.48. The van der Waals surface area contributed by atoms with Gasteiger partial charge in [-0.25, -0.2) is 0 Å². The molecule has 2 aliphatic rings. The van der Waals surface area contributed by atoms with E-state index in [9.17, 15) is 0 Å². The first-order valence-corrected chi connectivity index (χ1v) is 7.07. The molecule has 1 saturated carbocycles. The van der Waals surface area contributed by atoms with Gasteiger partial charge >= 0.3 is 0 Å². The summed E-state index contributed by atoms with van der Waals surface area (Å²) in [5.74, 6) is 1.15. The Kier molecular flexibility index (Phi) is 4.72. The molecule has 1 aromatic heterocycles. The van der Waals surface area contributed by atoms with Crippen LogP contribution >= 0.6 is 0 Å². The van der Waals surface area contributed by atoms with Crippen molar-refractivity contribution < 1.29 is 10.3 Å². The molecule has 2 heterocycles. The second-order valence-electron chi connectivity index (χ2n) is 5.46. The summed E-state index contributed by atoms with van der Waals surface area (Å²) in [7, 11) is 2.21. The molecule has 0 radical (unpaired) electrons. The highest BCUT2D eigenvalue weighted by molar-refractivity contribution is 6.00. The highest BCUT2D eigenvalue weighted by atomic mass is 16.9. The lowest BCUT2D eigenvalue weighted by Gasteiger charge is -2.40. The van der Waals surface area contributed by atoms with Crippen LogP contribution in [0, 0.1) is 10.1 Å². The molecule has 0 atom stereocenters. The van der Waals surface area contributed by atoms with Gasteiger partial charge in [-0.3, -0.25) is 9.98 Å². The Hall–Kier alpha value is -2.18. The highest BCUT2D eigenvalue weighted by Crippen LogP contribution is 2.37.